The van der Waals surface area contributed by atoms with Crippen LogP contribution in [0.5, 0.6) is 0 Å². The van der Waals surface area contributed by atoms with Crippen molar-refractivity contribution in [2.45, 2.75) is 18.7 Å². The highest BCUT2D eigenvalue weighted by Gasteiger charge is 2.36. The van der Waals surface area contributed by atoms with E-state index in [9.17, 15) is 4.79 Å². The summed E-state index contributed by atoms with van der Waals surface area (Å²) in [5.74, 6) is 1.48. The summed E-state index contributed by atoms with van der Waals surface area (Å²) in [4.78, 5) is 25.2. The molecule has 0 saturated heterocycles. The van der Waals surface area contributed by atoms with Gasteiger partial charge in [0.15, 0.2) is 5.82 Å². The monoisotopic (exact) mass is 377 g/mol. The van der Waals surface area contributed by atoms with Crippen molar-refractivity contribution in [2.24, 2.45) is 11.7 Å². The molecular weight excluding hydrogens is 358 g/mol. The molecule has 1 aliphatic carbocycles. The summed E-state index contributed by atoms with van der Waals surface area (Å²) in [7, 11) is 0. The summed E-state index contributed by atoms with van der Waals surface area (Å²) in [5.41, 5.74) is 8.29. The van der Waals surface area contributed by atoms with Gasteiger partial charge in [-0.2, -0.15) is 9.97 Å². The highest BCUT2D eigenvalue weighted by atomic mass is 32.2. The first-order valence-corrected chi connectivity index (χ1v) is 9.60. The van der Waals surface area contributed by atoms with E-state index in [1.165, 1.54) is 0 Å². The minimum Gasteiger partial charge on any atom is -0.366 e. The van der Waals surface area contributed by atoms with E-state index in [1.807, 2.05) is 48.7 Å². The third-order valence-corrected chi connectivity index (χ3v) is 5.74. The molecule has 0 spiro atoms. The second-order valence-electron chi connectivity index (χ2n) is 6.40. The number of allylic oxidation sites excluding steroid dienone is 4. The maximum atomic E-state index is 11.7. The molecule has 2 atom stereocenters. The Morgan fingerprint density at radius 2 is 2.04 bits per heavy atom. The van der Waals surface area contributed by atoms with Gasteiger partial charge in [0, 0.05) is 28.9 Å². The number of benzene rings is 1. The van der Waals surface area contributed by atoms with Gasteiger partial charge in [0.1, 0.15) is 5.82 Å². The van der Waals surface area contributed by atoms with Gasteiger partial charge in [0.25, 0.3) is 0 Å². The van der Waals surface area contributed by atoms with Gasteiger partial charge in [-0.1, -0.05) is 48.6 Å². The average Bonchev–Trinajstić information content (AvgIpc) is 3.11. The van der Waals surface area contributed by atoms with Gasteiger partial charge in [-0.15, -0.1) is 11.8 Å². The molecule has 0 fully saturated rings. The smallest absolute Gasteiger partial charge is 0.245 e. The van der Waals surface area contributed by atoms with Gasteiger partial charge < -0.3 is 11.1 Å². The number of hydrogen-bond donors (Lipinski definition) is 2. The lowest BCUT2D eigenvalue weighted by Crippen LogP contribution is -2.27. The highest BCUT2D eigenvalue weighted by Crippen LogP contribution is 2.45. The number of amides is 1. The third-order valence-electron chi connectivity index (χ3n) is 4.51. The van der Waals surface area contributed by atoms with Crippen molar-refractivity contribution >= 4 is 29.2 Å². The standard InChI is InChI=1S/C20H19N5OS/c1-12-23-19(25-20(24-12)22-10-13-6-3-2-4-7-13)16-11-27-17-14(16)8-5-9-15(17)18(21)26/h2-9,11,14,17H,10H2,1H3,(H2,21,26)(H,22,23,24,25). The lowest BCUT2D eigenvalue weighted by atomic mass is 9.87. The zero-order valence-corrected chi connectivity index (χ0v) is 15.6. The molecule has 1 aromatic heterocycles. The molecule has 2 heterocycles. The van der Waals surface area contributed by atoms with Crippen molar-refractivity contribution in [2.75, 3.05) is 5.32 Å². The highest BCUT2D eigenvalue weighted by molar-refractivity contribution is 8.03. The number of thioether (sulfide) groups is 1. The first-order chi connectivity index (χ1) is 13.1. The molecule has 0 radical (unpaired) electrons. The quantitative estimate of drug-likeness (QED) is 0.832. The molecule has 0 bridgehead atoms. The molecule has 3 N–H and O–H groups in total. The Morgan fingerprint density at radius 3 is 2.81 bits per heavy atom. The third kappa shape index (κ3) is 3.64. The van der Waals surface area contributed by atoms with Crippen molar-refractivity contribution in [3.05, 3.63) is 76.8 Å². The summed E-state index contributed by atoms with van der Waals surface area (Å²) < 4.78 is 0. The number of nitrogens with zero attached hydrogens (tertiary/aromatic N) is 3. The van der Waals surface area contributed by atoms with Crippen LogP contribution in [0.2, 0.25) is 0 Å². The molecule has 2 aromatic rings. The Hall–Kier alpha value is -2.93. The van der Waals surface area contributed by atoms with E-state index in [2.05, 4.69) is 26.3 Å². The molecule has 0 saturated carbocycles. The Labute approximate surface area is 161 Å². The van der Waals surface area contributed by atoms with Crippen molar-refractivity contribution < 1.29 is 4.79 Å². The zero-order chi connectivity index (χ0) is 18.8. The Balaban J connectivity index is 1.56. The van der Waals surface area contributed by atoms with Gasteiger partial charge in [0.05, 0.1) is 0 Å². The van der Waals surface area contributed by atoms with Crippen molar-refractivity contribution in [3.63, 3.8) is 0 Å². The molecule has 1 aromatic carbocycles. The number of carbonyl (C=O) groups is 1. The number of hydrogen-bond acceptors (Lipinski definition) is 6. The van der Waals surface area contributed by atoms with Crippen molar-refractivity contribution in [1.82, 2.24) is 15.0 Å². The van der Waals surface area contributed by atoms with E-state index in [0.29, 0.717) is 29.7 Å². The zero-order valence-electron chi connectivity index (χ0n) is 14.8. The van der Waals surface area contributed by atoms with Gasteiger partial charge >= 0.3 is 0 Å². The van der Waals surface area contributed by atoms with Crippen LogP contribution in [0.15, 0.2) is 59.5 Å². The van der Waals surface area contributed by atoms with E-state index in [4.69, 9.17) is 5.73 Å². The van der Waals surface area contributed by atoms with E-state index in [1.54, 1.807) is 17.8 Å². The van der Waals surface area contributed by atoms with Crippen LogP contribution in [-0.4, -0.2) is 26.1 Å². The second-order valence-corrected chi connectivity index (χ2v) is 7.41. The summed E-state index contributed by atoms with van der Waals surface area (Å²) in [5, 5.41) is 5.28. The van der Waals surface area contributed by atoms with Crippen LogP contribution in [-0.2, 0) is 11.3 Å². The summed E-state index contributed by atoms with van der Waals surface area (Å²) in [6.45, 7) is 2.49. The van der Waals surface area contributed by atoms with Gasteiger partial charge in [-0.05, 0) is 17.9 Å². The Kier molecular flexibility index (Phi) is 4.77. The summed E-state index contributed by atoms with van der Waals surface area (Å²) in [6, 6.07) is 10.1. The minimum atomic E-state index is -0.381. The van der Waals surface area contributed by atoms with Crippen molar-refractivity contribution in [3.8, 4) is 0 Å². The predicted octanol–water partition coefficient (Wildman–Crippen LogP) is 2.85. The fraction of sp³-hybridized carbons (Fsp3) is 0.200. The van der Waals surface area contributed by atoms with Crippen LogP contribution in [0.1, 0.15) is 17.2 Å². The molecule has 136 valence electrons. The molecule has 2 unspecified atom stereocenters. The fourth-order valence-electron chi connectivity index (χ4n) is 3.21. The number of aromatic nitrogens is 3. The topological polar surface area (TPSA) is 93.8 Å². The van der Waals surface area contributed by atoms with Crippen LogP contribution < -0.4 is 11.1 Å². The largest absolute Gasteiger partial charge is 0.366 e. The number of rotatable bonds is 5. The number of primary amides is 1. The summed E-state index contributed by atoms with van der Waals surface area (Å²) >= 11 is 1.58. The molecular formula is C20H19N5OS. The number of nitrogens with two attached hydrogens (primary N) is 1. The maximum absolute atomic E-state index is 11.7. The number of anilines is 1. The minimum absolute atomic E-state index is 0.0136. The normalized spacial score (nSPS) is 20.6. The molecule has 1 amide bonds. The lowest BCUT2D eigenvalue weighted by molar-refractivity contribution is -0.114. The van der Waals surface area contributed by atoms with Gasteiger partial charge in [0.2, 0.25) is 11.9 Å². The Morgan fingerprint density at radius 1 is 1.22 bits per heavy atom. The van der Waals surface area contributed by atoms with Gasteiger partial charge in [-0.25, -0.2) is 4.98 Å². The number of aryl methyl sites for hydroxylation is 1. The first-order valence-electron chi connectivity index (χ1n) is 8.66. The fourth-order valence-corrected chi connectivity index (χ4v) is 4.51. The van der Waals surface area contributed by atoms with E-state index in [0.717, 1.165) is 11.1 Å². The van der Waals surface area contributed by atoms with E-state index in [-0.39, 0.29) is 17.1 Å². The Bertz CT molecular complexity index is 968. The molecule has 1 aliphatic heterocycles. The lowest BCUT2D eigenvalue weighted by Gasteiger charge is -2.22. The van der Waals surface area contributed by atoms with Crippen molar-refractivity contribution in [1.29, 1.82) is 0 Å². The number of fused-ring (bicyclic) bond motifs is 1. The first kappa shape index (κ1) is 17.5. The number of nitrogens with one attached hydrogen (secondary N) is 1. The van der Waals surface area contributed by atoms with Gasteiger partial charge in [-0.3, -0.25) is 4.79 Å². The number of carbonyl (C=O) groups excluding carboxylic acids is 1. The van der Waals surface area contributed by atoms with E-state index < -0.39 is 0 Å². The molecule has 7 heteroatoms. The maximum Gasteiger partial charge on any atom is 0.245 e. The van der Waals surface area contributed by atoms with Crippen LogP contribution in [0, 0.1) is 12.8 Å². The predicted molar refractivity (Wildman–Crippen MR) is 108 cm³/mol. The second kappa shape index (κ2) is 7.36. The van der Waals surface area contributed by atoms with E-state index >= 15 is 0 Å². The van der Waals surface area contributed by atoms with Crippen LogP contribution in [0.25, 0.3) is 5.57 Å². The van der Waals surface area contributed by atoms with Crippen LogP contribution in [0.4, 0.5) is 5.95 Å². The SMILES string of the molecule is Cc1nc(NCc2ccccc2)nc(C2=CSC3C(C(N)=O)=CC=CC23)n1. The molecule has 4 rings (SSSR count). The average molecular weight is 377 g/mol. The van der Waals surface area contributed by atoms with Crippen LogP contribution >= 0.6 is 11.8 Å². The van der Waals surface area contributed by atoms with Crippen LogP contribution in [0.3, 0.4) is 0 Å². The molecule has 27 heavy (non-hydrogen) atoms. The summed E-state index contributed by atoms with van der Waals surface area (Å²) in [6.07, 6.45) is 5.74. The molecule has 6 nitrogen and oxygen atoms in total. The molecule has 2 aliphatic rings.